The molecule has 1 aromatic carbocycles. The number of aromatic amines is 1. The minimum atomic E-state index is 0.0719. The molecule has 3 heterocycles. The third-order valence-electron chi connectivity index (χ3n) is 7.98. The number of H-pyrrole nitrogens is 1. The summed E-state index contributed by atoms with van der Waals surface area (Å²) in [7, 11) is 1.67. The molecule has 6 nitrogen and oxygen atoms in total. The van der Waals surface area contributed by atoms with Crippen LogP contribution >= 0.6 is 0 Å². The Labute approximate surface area is 262 Å². The number of amides is 1. The van der Waals surface area contributed by atoms with E-state index in [4.69, 9.17) is 4.74 Å². The van der Waals surface area contributed by atoms with E-state index in [-0.39, 0.29) is 17.9 Å². The fraction of sp³-hybridized carbons (Fsp3) is 0.514. The molecule has 2 aliphatic heterocycles. The number of ether oxygens (including phenoxy) is 1. The van der Waals surface area contributed by atoms with Gasteiger partial charge in [0, 0.05) is 25.1 Å². The molecule has 0 spiro atoms. The van der Waals surface area contributed by atoms with Crippen molar-refractivity contribution in [3.8, 4) is 44.4 Å². The fourth-order valence-electron chi connectivity index (χ4n) is 5.68. The number of hydrogen-bond donors (Lipinski definition) is 2. The van der Waals surface area contributed by atoms with Crippen molar-refractivity contribution in [3.05, 3.63) is 59.8 Å². The standard InChI is InChI=1S/C19H30N4O2.C6H12.C6H6.3C2H2/c1-3-16(20)18-13(7-8-17(22-18)25-2)14-11-21-12-15(14)19(24)23-9-5-4-6-10-23;2*1-2-4-6-5-3-1;3*1-2/h7-8,14-16,21H,3-6,9-12,20H2,1-2H3;1-6H2;1-6H;3*1-2H/p+3/t14-,15?,16?;;;;;/m0...../s1. The van der Waals surface area contributed by atoms with Crippen molar-refractivity contribution < 1.29 is 25.6 Å². The first-order valence-electron chi connectivity index (χ1n) is 15.7. The first-order valence-corrected chi connectivity index (χ1v) is 15.7. The normalized spacial score (nSPS) is 19.1. The number of nitrogens with one attached hydrogen (secondary N) is 1. The summed E-state index contributed by atoms with van der Waals surface area (Å²) in [4.78, 5) is 18.6. The molecule has 3 fully saturated rings. The van der Waals surface area contributed by atoms with Gasteiger partial charge in [0.25, 0.3) is 0 Å². The number of nitrogens with zero attached hydrogens (tertiary/aromatic N) is 1. The molecular weight excluding hydrogens is 532 g/mol. The van der Waals surface area contributed by atoms with Gasteiger partial charge in [0.15, 0.2) is 6.04 Å². The Morgan fingerprint density at radius 3 is 1.77 bits per heavy atom. The molecule has 5 rings (SSSR count). The Bertz CT molecular complexity index is 971. The largest absolute Gasteiger partial charge is 0.448 e. The van der Waals surface area contributed by atoms with Crippen molar-refractivity contribution in [1.82, 2.24) is 4.90 Å². The smallest absolute Gasteiger partial charge is 0.366 e. The average Bonchev–Trinajstić information content (AvgIpc) is 3.62. The third-order valence-corrected chi connectivity index (χ3v) is 7.98. The molecule has 2 aromatic rings. The summed E-state index contributed by atoms with van der Waals surface area (Å²) in [6.45, 7) is 5.85. The predicted molar refractivity (Wildman–Crippen MR) is 178 cm³/mol. The third kappa shape index (κ3) is 14.3. The van der Waals surface area contributed by atoms with Gasteiger partial charge >= 0.3 is 5.88 Å². The molecule has 0 radical (unpaired) electrons. The topological polar surface area (TPSA) is 87.9 Å². The van der Waals surface area contributed by atoms with Crippen molar-refractivity contribution in [2.45, 2.75) is 83.1 Å². The predicted octanol–water partition coefficient (Wildman–Crippen LogP) is 4.27. The number of likely N-dealkylation sites (tertiary alicyclic amines) is 1. The van der Waals surface area contributed by atoms with E-state index in [1.54, 1.807) is 7.11 Å². The van der Waals surface area contributed by atoms with Crippen molar-refractivity contribution >= 4 is 5.91 Å². The number of terminal acetylenes is 3. The minimum absolute atomic E-state index is 0.0719. The number of nitrogens with two attached hydrogens (primary N) is 1. The molecule has 1 aromatic heterocycles. The van der Waals surface area contributed by atoms with Crippen molar-refractivity contribution in [2.75, 3.05) is 33.3 Å². The van der Waals surface area contributed by atoms with E-state index in [0.29, 0.717) is 5.91 Å². The summed E-state index contributed by atoms with van der Waals surface area (Å²) in [5.74, 6) is 1.42. The zero-order valence-electron chi connectivity index (χ0n) is 26.8. The maximum absolute atomic E-state index is 13.1. The van der Waals surface area contributed by atoms with Gasteiger partial charge in [-0.05, 0) is 25.3 Å². The van der Waals surface area contributed by atoms with Crippen molar-refractivity contribution in [2.24, 2.45) is 5.92 Å². The Morgan fingerprint density at radius 2 is 1.33 bits per heavy atom. The number of aromatic nitrogens is 1. The van der Waals surface area contributed by atoms with E-state index in [0.717, 1.165) is 57.0 Å². The van der Waals surface area contributed by atoms with Crippen LogP contribution in [0, 0.1) is 44.5 Å². The fourth-order valence-corrected chi connectivity index (χ4v) is 5.68. The molecule has 2 saturated heterocycles. The maximum Gasteiger partial charge on any atom is 0.366 e. The molecule has 1 saturated carbocycles. The monoisotopic (exact) mass is 589 g/mol. The molecule has 43 heavy (non-hydrogen) atoms. The van der Waals surface area contributed by atoms with Crippen LogP contribution < -0.4 is 20.8 Å². The zero-order valence-corrected chi connectivity index (χ0v) is 26.8. The van der Waals surface area contributed by atoms with Crippen LogP contribution in [0.4, 0.5) is 0 Å². The summed E-state index contributed by atoms with van der Waals surface area (Å²) in [5, 5.41) is 2.29. The Balaban J connectivity index is 0.000000797. The molecule has 1 amide bonds. The number of piperidine rings is 1. The summed E-state index contributed by atoms with van der Waals surface area (Å²) >= 11 is 0. The van der Waals surface area contributed by atoms with Gasteiger partial charge in [-0.15, -0.1) is 38.5 Å². The highest BCUT2D eigenvalue weighted by molar-refractivity contribution is 5.80. The van der Waals surface area contributed by atoms with Gasteiger partial charge in [-0.25, -0.2) is 0 Å². The highest BCUT2D eigenvalue weighted by atomic mass is 16.5. The van der Waals surface area contributed by atoms with Crippen LogP contribution in [-0.2, 0) is 4.79 Å². The number of carbonyl (C=O) groups excluding carboxylic acids is 1. The van der Waals surface area contributed by atoms with E-state index in [2.05, 4.69) is 72.5 Å². The Kier molecular flexibility index (Phi) is 23.6. The number of methoxy groups -OCH3 is 1. The SMILES string of the molecule is C#C.C#C.C#C.C1CCCCC1.CCC([NH3+])c1[nH+]c(OC)ccc1[C@@H]1C[NH2+]CC1C(=O)N1CCCCC1.c1ccccc1. The summed E-state index contributed by atoms with van der Waals surface area (Å²) in [6.07, 6.45) is 37.5. The van der Waals surface area contributed by atoms with Gasteiger partial charge in [-0.2, -0.15) is 4.98 Å². The molecule has 234 valence electrons. The number of hydrogen-bond acceptors (Lipinski definition) is 2. The molecule has 0 bridgehead atoms. The van der Waals surface area contributed by atoms with E-state index in [1.165, 1.54) is 50.5 Å². The average molecular weight is 590 g/mol. The van der Waals surface area contributed by atoms with E-state index < -0.39 is 0 Å². The van der Waals surface area contributed by atoms with Gasteiger partial charge < -0.3 is 20.7 Å². The second-order valence-corrected chi connectivity index (χ2v) is 10.6. The van der Waals surface area contributed by atoms with E-state index in [1.807, 2.05) is 42.5 Å². The van der Waals surface area contributed by atoms with Crippen LogP contribution in [0.15, 0.2) is 48.5 Å². The maximum atomic E-state index is 13.1. The van der Waals surface area contributed by atoms with Crippen LogP contribution in [-0.4, -0.2) is 44.1 Å². The van der Waals surface area contributed by atoms with Gasteiger partial charge in [0.2, 0.25) is 11.6 Å². The molecule has 3 aliphatic rings. The minimum Gasteiger partial charge on any atom is -0.448 e. The first-order chi connectivity index (χ1) is 21.2. The van der Waals surface area contributed by atoms with Crippen LogP contribution in [0.3, 0.4) is 0 Å². The molecule has 2 unspecified atom stereocenters. The van der Waals surface area contributed by atoms with Crippen LogP contribution in [0.1, 0.15) is 94.3 Å². The van der Waals surface area contributed by atoms with Crippen molar-refractivity contribution in [3.63, 3.8) is 0 Å². The lowest BCUT2D eigenvalue weighted by atomic mass is 9.85. The van der Waals surface area contributed by atoms with Crippen LogP contribution in [0.5, 0.6) is 5.88 Å². The second-order valence-electron chi connectivity index (χ2n) is 10.6. The van der Waals surface area contributed by atoms with Crippen molar-refractivity contribution in [1.29, 1.82) is 0 Å². The second kappa shape index (κ2) is 25.9. The Morgan fingerprint density at radius 1 is 0.860 bits per heavy atom. The molecule has 6 heteroatoms. The molecular formula is C37H57N4O2+3. The molecule has 3 atom stereocenters. The molecule has 1 aliphatic carbocycles. The number of rotatable bonds is 5. The summed E-state index contributed by atoms with van der Waals surface area (Å²) in [6, 6.07) is 16.3. The zero-order chi connectivity index (χ0) is 32.3. The van der Waals surface area contributed by atoms with Gasteiger partial charge in [-0.1, -0.05) is 81.8 Å². The highest BCUT2D eigenvalue weighted by Crippen LogP contribution is 2.31. The lowest BCUT2D eigenvalue weighted by Crippen LogP contribution is -2.81. The quantitative estimate of drug-likeness (QED) is 0.511. The number of quaternary nitrogens is 2. The Hall–Kier alpha value is -3.76. The highest BCUT2D eigenvalue weighted by Gasteiger charge is 2.43. The number of carbonyl (C=O) groups is 1. The van der Waals surface area contributed by atoms with Gasteiger partial charge in [0.1, 0.15) is 0 Å². The van der Waals surface area contributed by atoms with E-state index in [9.17, 15) is 4.79 Å². The first kappa shape index (κ1) is 39.2. The van der Waals surface area contributed by atoms with Crippen LogP contribution in [0.2, 0.25) is 0 Å². The summed E-state index contributed by atoms with van der Waals surface area (Å²) < 4.78 is 5.37. The lowest BCUT2D eigenvalue weighted by Gasteiger charge is -2.30. The van der Waals surface area contributed by atoms with Gasteiger partial charge in [0.05, 0.1) is 38.1 Å². The van der Waals surface area contributed by atoms with Crippen LogP contribution in [0.25, 0.3) is 0 Å². The van der Waals surface area contributed by atoms with Gasteiger partial charge in [-0.3, -0.25) is 4.79 Å². The molecule has 6 N–H and O–H groups in total. The van der Waals surface area contributed by atoms with E-state index >= 15 is 0 Å². The number of benzene rings is 1. The lowest BCUT2D eigenvalue weighted by molar-refractivity contribution is -0.638. The summed E-state index contributed by atoms with van der Waals surface area (Å²) in [5.41, 5.74) is 6.67. The number of pyridine rings is 1.